The van der Waals surface area contributed by atoms with Crippen molar-refractivity contribution in [2.24, 2.45) is 50.2 Å². The fraction of sp³-hybridized carbons (Fsp3) is 0.933. The van der Waals surface area contributed by atoms with Crippen molar-refractivity contribution in [1.29, 1.82) is 0 Å². The lowest BCUT2D eigenvalue weighted by Gasteiger charge is -2.72. The van der Waals surface area contributed by atoms with Gasteiger partial charge in [0.25, 0.3) is 0 Å². The van der Waals surface area contributed by atoms with Crippen LogP contribution in [0.1, 0.15) is 99.8 Å². The predicted molar refractivity (Wildman–Crippen MR) is 135 cm³/mol. The molecular formula is C30H50O4. The van der Waals surface area contributed by atoms with E-state index in [-0.39, 0.29) is 33.7 Å². The zero-order valence-corrected chi connectivity index (χ0v) is 22.7. The third kappa shape index (κ3) is 2.81. The molecule has 4 heteroatoms. The summed E-state index contributed by atoms with van der Waals surface area (Å²) in [5.74, 6) is 1.17. The topological polar surface area (TPSA) is 80.9 Å². The molecule has 0 aliphatic heterocycles. The number of aliphatic hydroxyl groups is 4. The Bertz CT molecular complexity index is 881. The molecule has 194 valence electrons. The van der Waals surface area contributed by atoms with Crippen molar-refractivity contribution < 1.29 is 20.4 Å². The van der Waals surface area contributed by atoms with Gasteiger partial charge in [-0.2, -0.15) is 0 Å². The fourth-order valence-electron chi connectivity index (χ4n) is 10.7. The van der Waals surface area contributed by atoms with E-state index in [1.165, 1.54) is 0 Å². The summed E-state index contributed by atoms with van der Waals surface area (Å²) in [7, 11) is 0. The van der Waals surface area contributed by atoms with Crippen molar-refractivity contribution in [1.82, 2.24) is 0 Å². The number of allylic oxidation sites excluding steroid dienone is 2. The summed E-state index contributed by atoms with van der Waals surface area (Å²) < 4.78 is 0. The molecule has 1 unspecified atom stereocenters. The molecule has 0 spiro atoms. The Hall–Kier alpha value is -0.420. The molecule has 0 aromatic heterocycles. The molecule has 0 saturated heterocycles. The molecule has 5 aliphatic carbocycles. The summed E-state index contributed by atoms with van der Waals surface area (Å²) in [6, 6.07) is 0. The minimum Gasteiger partial charge on any atom is -0.396 e. The van der Waals surface area contributed by atoms with E-state index in [0.29, 0.717) is 17.8 Å². The van der Waals surface area contributed by atoms with Crippen LogP contribution in [0.15, 0.2) is 11.6 Å². The highest BCUT2D eigenvalue weighted by atomic mass is 16.3. The fourth-order valence-corrected chi connectivity index (χ4v) is 10.7. The summed E-state index contributed by atoms with van der Waals surface area (Å²) in [5.41, 5.74) is 0.920. The van der Waals surface area contributed by atoms with Crippen LogP contribution in [0.2, 0.25) is 0 Å². The van der Waals surface area contributed by atoms with Crippen LogP contribution in [0.4, 0.5) is 0 Å². The van der Waals surface area contributed by atoms with Crippen LogP contribution in [0.25, 0.3) is 0 Å². The standard InChI is InChI=1S/C30H50O4/c1-25(2)16-19-18-8-9-21-27(4)12-11-22(32)28(5,17-31)20(27)10-13-30(21,7)29(18,6)15-14-26(19,3)24(34)23(25)33/h8,19-24,31-34H,9-17H2,1-7H3/t19-,20+,21+,22-,23-,24+,26+,27-,28+,29+,30?/m0/s1. The molecule has 4 N–H and O–H groups in total. The zero-order chi connectivity index (χ0) is 25.1. The summed E-state index contributed by atoms with van der Waals surface area (Å²) >= 11 is 0. The number of rotatable bonds is 1. The lowest BCUT2D eigenvalue weighted by atomic mass is 9.33. The van der Waals surface area contributed by atoms with Gasteiger partial charge in [-0.25, -0.2) is 0 Å². The highest BCUT2D eigenvalue weighted by molar-refractivity contribution is 5.34. The van der Waals surface area contributed by atoms with E-state index < -0.39 is 23.7 Å². The number of aliphatic hydroxyl groups excluding tert-OH is 4. The van der Waals surface area contributed by atoms with E-state index >= 15 is 0 Å². The molecule has 5 aliphatic rings. The minimum absolute atomic E-state index is 0.0614. The highest BCUT2D eigenvalue weighted by Crippen LogP contribution is 2.75. The lowest BCUT2D eigenvalue weighted by molar-refractivity contribution is -0.225. The van der Waals surface area contributed by atoms with Gasteiger partial charge in [-0.05, 0) is 90.8 Å². The molecule has 0 radical (unpaired) electrons. The molecule has 4 nitrogen and oxygen atoms in total. The smallest absolute Gasteiger partial charge is 0.0863 e. The van der Waals surface area contributed by atoms with Crippen LogP contribution in [0.3, 0.4) is 0 Å². The molecule has 0 aromatic carbocycles. The van der Waals surface area contributed by atoms with Crippen molar-refractivity contribution in [3.8, 4) is 0 Å². The summed E-state index contributed by atoms with van der Waals surface area (Å²) in [6.45, 7) is 16.2. The lowest BCUT2D eigenvalue weighted by Crippen LogP contribution is -2.67. The Labute approximate surface area is 207 Å². The molecular weight excluding hydrogens is 424 g/mol. The molecule has 5 rings (SSSR count). The van der Waals surface area contributed by atoms with Gasteiger partial charge in [0.05, 0.1) is 24.9 Å². The van der Waals surface area contributed by atoms with Crippen LogP contribution >= 0.6 is 0 Å². The maximum Gasteiger partial charge on any atom is 0.0863 e. The number of hydrogen-bond donors (Lipinski definition) is 4. The average Bonchev–Trinajstić information content (AvgIpc) is 2.77. The number of hydrogen-bond acceptors (Lipinski definition) is 4. The van der Waals surface area contributed by atoms with Gasteiger partial charge in [0, 0.05) is 10.8 Å². The first kappa shape index (κ1) is 25.2. The van der Waals surface area contributed by atoms with E-state index in [1.54, 1.807) is 5.57 Å². The highest BCUT2D eigenvalue weighted by Gasteiger charge is 2.69. The van der Waals surface area contributed by atoms with Gasteiger partial charge >= 0.3 is 0 Å². The Balaban J connectivity index is 1.58. The van der Waals surface area contributed by atoms with Crippen LogP contribution in [0, 0.1) is 50.2 Å². The van der Waals surface area contributed by atoms with Crippen LogP contribution in [-0.2, 0) is 0 Å². The zero-order valence-electron chi connectivity index (χ0n) is 22.7. The molecule has 0 bridgehead atoms. The SMILES string of the molecule is CC1(C)C[C@H]2C3=CC[C@H]4C(C)(CC[C@@H]5[C@]4(C)CC[C@H](O)[C@]5(C)CO)[C@]3(C)CC[C@@]2(C)[C@H](O)[C@@H]1O. The first-order chi connectivity index (χ1) is 15.6. The molecule has 4 saturated carbocycles. The van der Waals surface area contributed by atoms with Crippen molar-refractivity contribution in [2.75, 3.05) is 6.61 Å². The summed E-state index contributed by atoms with van der Waals surface area (Å²) in [4.78, 5) is 0. The second-order valence-corrected chi connectivity index (χ2v) is 15.2. The second kappa shape index (κ2) is 7.33. The Morgan fingerprint density at radius 1 is 0.794 bits per heavy atom. The van der Waals surface area contributed by atoms with E-state index in [0.717, 1.165) is 51.4 Å². The Morgan fingerprint density at radius 2 is 1.47 bits per heavy atom. The van der Waals surface area contributed by atoms with Gasteiger partial charge < -0.3 is 20.4 Å². The van der Waals surface area contributed by atoms with E-state index in [9.17, 15) is 20.4 Å². The molecule has 0 heterocycles. The van der Waals surface area contributed by atoms with Crippen LogP contribution in [-0.4, -0.2) is 45.3 Å². The maximum absolute atomic E-state index is 11.3. The van der Waals surface area contributed by atoms with E-state index in [1.807, 2.05) is 0 Å². The molecule has 34 heavy (non-hydrogen) atoms. The molecule has 0 aromatic rings. The van der Waals surface area contributed by atoms with Crippen molar-refractivity contribution in [3.05, 3.63) is 11.6 Å². The number of fused-ring (bicyclic) bond motifs is 7. The monoisotopic (exact) mass is 474 g/mol. The predicted octanol–water partition coefficient (Wildman–Crippen LogP) is 5.08. The summed E-state index contributed by atoms with van der Waals surface area (Å²) in [5, 5.41) is 43.6. The van der Waals surface area contributed by atoms with Gasteiger partial charge in [0.2, 0.25) is 0 Å². The van der Waals surface area contributed by atoms with Crippen LogP contribution < -0.4 is 0 Å². The van der Waals surface area contributed by atoms with Gasteiger partial charge in [-0.3, -0.25) is 0 Å². The van der Waals surface area contributed by atoms with E-state index in [4.69, 9.17) is 0 Å². The molecule has 4 fully saturated rings. The third-order valence-corrected chi connectivity index (χ3v) is 13.5. The third-order valence-electron chi connectivity index (χ3n) is 13.5. The molecule has 11 atom stereocenters. The van der Waals surface area contributed by atoms with Crippen molar-refractivity contribution in [2.45, 2.75) is 118 Å². The van der Waals surface area contributed by atoms with Gasteiger partial charge in [-0.15, -0.1) is 0 Å². The van der Waals surface area contributed by atoms with Gasteiger partial charge in [0.15, 0.2) is 0 Å². The quantitative estimate of drug-likeness (QED) is 0.399. The van der Waals surface area contributed by atoms with E-state index in [2.05, 4.69) is 54.5 Å². The average molecular weight is 475 g/mol. The normalized spacial score (nSPS) is 58.6. The van der Waals surface area contributed by atoms with Gasteiger partial charge in [-0.1, -0.05) is 60.1 Å². The van der Waals surface area contributed by atoms with Crippen LogP contribution in [0.5, 0.6) is 0 Å². The van der Waals surface area contributed by atoms with Crippen molar-refractivity contribution >= 4 is 0 Å². The summed E-state index contributed by atoms with van der Waals surface area (Å²) in [6.07, 6.45) is 8.79. The molecule has 0 amide bonds. The largest absolute Gasteiger partial charge is 0.396 e. The first-order valence-electron chi connectivity index (χ1n) is 14.0. The first-order valence-corrected chi connectivity index (χ1v) is 14.0. The second-order valence-electron chi connectivity index (χ2n) is 15.2. The van der Waals surface area contributed by atoms with Gasteiger partial charge in [0.1, 0.15) is 0 Å². The Kier molecular flexibility index (Phi) is 5.44. The maximum atomic E-state index is 11.3. The van der Waals surface area contributed by atoms with Crippen molar-refractivity contribution in [3.63, 3.8) is 0 Å². The minimum atomic E-state index is -0.685. The Morgan fingerprint density at radius 3 is 2.12 bits per heavy atom.